The minimum absolute atomic E-state index is 0.471. The molecule has 1 aliphatic carbocycles. The molecule has 0 radical (unpaired) electrons. The van der Waals surface area contributed by atoms with Crippen molar-refractivity contribution < 1.29 is 0 Å². The van der Waals surface area contributed by atoms with Crippen molar-refractivity contribution in [3.63, 3.8) is 0 Å². The van der Waals surface area contributed by atoms with Gasteiger partial charge in [-0.1, -0.05) is 6.92 Å². The van der Waals surface area contributed by atoms with Gasteiger partial charge in [-0.3, -0.25) is 5.43 Å². The van der Waals surface area contributed by atoms with Crippen LogP contribution in [0.2, 0.25) is 0 Å². The standard InChI is InChI=1S/C12H21N5/c1-9-3-5-10(6-4-9)17(2)11-7-8-14-12(15-11)16-13/h7-10H,3-6,13H2,1-2H3,(H,14,15,16). The van der Waals surface area contributed by atoms with Crippen LogP contribution in [0.5, 0.6) is 0 Å². The molecule has 1 aliphatic rings. The zero-order valence-corrected chi connectivity index (χ0v) is 10.6. The van der Waals surface area contributed by atoms with E-state index in [1.165, 1.54) is 25.7 Å². The lowest BCUT2D eigenvalue weighted by molar-refractivity contribution is 0.340. The fourth-order valence-corrected chi connectivity index (χ4v) is 2.43. The van der Waals surface area contributed by atoms with E-state index in [4.69, 9.17) is 5.84 Å². The second kappa shape index (κ2) is 5.31. The fourth-order valence-electron chi connectivity index (χ4n) is 2.43. The molecule has 0 bridgehead atoms. The molecular formula is C12H21N5. The van der Waals surface area contributed by atoms with E-state index in [0.717, 1.165) is 11.7 Å². The van der Waals surface area contributed by atoms with Gasteiger partial charge in [0.15, 0.2) is 0 Å². The van der Waals surface area contributed by atoms with Gasteiger partial charge in [0.05, 0.1) is 0 Å². The predicted octanol–water partition coefficient (Wildman–Crippen LogP) is 1.78. The molecule has 0 saturated heterocycles. The number of nitrogens with two attached hydrogens (primary N) is 1. The highest BCUT2D eigenvalue weighted by molar-refractivity contribution is 5.42. The molecule has 1 fully saturated rings. The fraction of sp³-hybridized carbons (Fsp3) is 0.667. The van der Waals surface area contributed by atoms with Crippen molar-refractivity contribution >= 4 is 11.8 Å². The first kappa shape index (κ1) is 12.1. The van der Waals surface area contributed by atoms with E-state index in [0.29, 0.717) is 12.0 Å². The number of nitrogens with zero attached hydrogens (tertiary/aromatic N) is 3. The van der Waals surface area contributed by atoms with Gasteiger partial charge in [-0.2, -0.15) is 4.98 Å². The number of hydrogen-bond acceptors (Lipinski definition) is 5. The maximum absolute atomic E-state index is 5.32. The lowest BCUT2D eigenvalue weighted by atomic mass is 9.87. The van der Waals surface area contributed by atoms with Crippen LogP contribution in [0.15, 0.2) is 12.3 Å². The summed E-state index contributed by atoms with van der Waals surface area (Å²) in [6, 6.07) is 2.52. The van der Waals surface area contributed by atoms with Crippen molar-refractivity contribution in [2.45, 2.75) is 38.6 Å². The van der Waals surface area contributed by atoms with Crippen molar-refractivity contribution in [2.24, 2.45) is 11.8 Å². The lowest BCUT2D eigenvalue weighted by Gasteiger charge is -2.34. The molecule has 1 aromatic heterocycles. The van der Waals surface area contributed by atoms with E-state index in [1.54, 1.807) is 6.20 Å². The third kappa shape index (κ3) is 2.85. The van der Waals surface area contributed by atoms with Crippen LogP contribution in [0.3, 0.4) is 0 Å². The van der Waals surface area contributed by atoms with Crippen LogP contribution in [0.1, 0.15) is 32.6 Å². The highest BCUT2D eigenvalue weighted by Crippen LogP contribution is 2.28. The second-order valence-corrected chi connectivity index (χ2v) is 4.91. The lowest BCUT2D eigenvalue weighted by Crippen LogP contribution is -2.35. The van der Waals surface area contributed by atoms with Gasteiger partial charge in [0.25, 0.3) is 0 Å². The van der Waals surface area contributed by atoms with Crippen molar-refractivity contribution in [1.82, 2.24) is 9.97 Å². The van der Waals surface area contributed by atoms with E-state index in [2.05, 4.69) is 34.3 Å². The SMILES string of the molecule is CC1CCC(N(C)c2ccnc(NN)n2)CC1. The highest BCUT2D eigenvalue weighted by atomic mass is 15.3. The molecule has 1 aromatic rings. The summed E-state index contributed by atoms with van der Waals surface area (Å²) in [4.78, 5) is 10.6. The number of nitrogen functional groups attached to an aromatic ring is 1. The molecule has 0 atom stereocenters. The summed E-state index contributed by atoms with van der Waals surface area (Å²) in [6.45, 7) is 2.33. The predicted molar refractivity (Wildman–Crippen MR) is 69.7 cm³/mol. The van der Waals surface area contributed by atoms with Crippen LogP contribution < -0.4 is 16.2 Å². The summed E-state index contributed by atoms with van der Waals surface area (Å²) in [7, 11) is 2.10. The highest BCUT2D eigenvalue weighted by Gasteiger charge is 2.22. The maximum atomic E-state index is 5.32. The Morgan fingerprint density at radius 1 is 1.35 bits per heavy atom. The van der Waals surface area contributed by atoms with Gasteiger partial charge >= 0.3 is 0 Å². The summed E-state index contributed by atoms with van der Waals surface area (Å²) in [6.07, 6.45) is 6.84. The quantitative estimate of drug-likeness (QED) is 0.617. The first-order valence-corrected chi connectivity index (χ1v) is 6.23. The Morgan fingerprint density at radius 3 is 2.71 bits per heavy atom. The van der Waals surface area contributed by atoms with Crippen molar-refractivity contribution in [3.05, 3.63) is 12.3 Å². The summed E-state index contributed by atoms with van der Waals surface area (Å²) in [5, 5.41) is 0. The van der Waals surface area contributed by atoms with Crippen LogP contribution in [-0.2, 0) is 0 Å². The monoisotopic (exact) mass is 235 g/mol. The number of rotatable bonds is 3. The number of hydrogen-bond donors (Lipinski definition) is 2. The van der Waals surface area contributed by atoms with Crippen LogP contribution in [0.4, 0.5) is 11.8 Å². The molecule has 0 aromatic carbocycles. The molecule has 1 heterocycles. The van der Waals surface area contributed by atoms with Crippen molar-refractivity contribution in [3.8, 4) is 0 Å². The normalized spacial score (nSPS) is 24.4. The van der Waals surface area contributed by atoms with Crippen molar-refractivity contribution in [2.75, 3.05) is 17.4 Å². The second-order valence-electron chi connectivity index (χ2n) is 4.91. The molecule has 0 amide bonds. The van der Waals surface area contributed by atoms with Gasteiger partial charge in [-0.25, -0.2) is 10.8 Å². The molecule has 0 spiro atoms. The van der Waals surface area contributed by atoms with Gasteiger partial charge in [-0.15, -0.1) is 0 Å². The summed E-state index contributed by atoms with van der Waals surface area (Å²) in [5.74, 6) is 7.60. The largest absolute Gasteiger partial charge is 0.357 e. The summed E-state index contributed by atoms with van der Waals surface area (Å²) in [5.41, 5.74) is 2.48. The van der Waals surface area contributed by atoms with E-state index >= 15 is 0 Å². The molecule has 0 aliphatic heterocycles. The van der Waals surface area contributed by atoms with E-state index < -0.39 is 0 Å². The Bertz CT molecular complexity index is 360. The van der Waals surface area contributed by atoms with Gasteiger partial charge in [0.2, 0.25) is 5.95 Å². The van der Waals surface area contributed by atoms with Crippen LogP contribution in [0, 0.1) is 5.92 Å². The molecular weight excluding hydrogens is 214 g/mol. The van der Waals surface area contributed by atoms with Crippen LogP contribution in [-0.4, -0.2) is 23.1 Å². The topological polar surface area (TPSA) is 67.1 Å². The smallest absolute Gasteiger partial charge is 0.239 e. The number of nitrogens with one attached hydrogen (secondary N) is 1. The number of aromatic nitrogens is 2. The van der Waals surface area contributed by atoms with Gasteiger partial charge < -0.3 is 4.90 Å². The Labute approximate surface area is 102 Å². The molecule has 5 heteroatoms. The van der Waals surface area contributed by atoms with E-state index in [1.807, 2.05) is 6.07 Å². The molecule has 5 nitrogen and oxygen atoms in total. The maximum Gasteiger partial charge on any atom is 0.239 e. The van der Waals surface area contributed by atoms with E-state index in [-0.39, 0.29) is 0 Å². The number of anilines is 2. The molecule has 17 heavy (non-hydrogen) atoms. The first-order chi connectivity index (χ1) is 8.20. The van der Waals surface area contributed by atoms with E-state index in [9.17, 15) is 0 Å². The zero-order valence-electron chi connectivity index (χ0n) is 10.6. The molecule has 0 unspecified atom stereocenters. The number of hydrazine groups is 1. The van der Waals surface area contributed by atoms with Crippen molar-refractivity contribution in [1.29, 1.82) is 0 Å². The Kier molecular flexibility index (Phi) is 3.78. The molecule has 2 rings (SSSR count). The Hall–Kier alpha value is -1.36. The zero-order chi connectivity index (χ0) is 12.3. The Balaban J connectivity index is 2.05. The van der Waals surface area contributed by atoms with Gasteiger partial charge in [0, 0.05) is 19.3 Å². The summed E-state index contributed by atoms with van der Waals surface area (Å²) >= 11 is 0. The molecule has 3 N–H and O–H groups in total. The average molecular weight is 235 g/mol. The van der Waals surface area contributed by atoms with Crippen LogP contribution in [0.25, 0.3) is 0 Å². The van der Waals surface area contributed by atoms with Gasteiger partial charge in [-0.05, 0) is 37.7 Å². The molecule has 94 valence electrons. The Morgan fingerprint density at radius 2 is 2.06 bits per heavy atom. The summed E-state index contributed by atoms with van der Waals surface area (Å²) < 4.78 is 0. The molecule has 1 saturated carbocycles. The minimum Gasteiger partial charge on any atom is -0.357 e. The third-order valence-electron chi connectivity index (χ3n) is 3.66. The van der Waals surface area contributed by atoms with Crippen LogP contribution >= 0.6 is 0 Å². The van der Waals surface area contributed by atoms with Gasteiger partial charge in [0.1, 0.15) is 5.82 Å². The minimum atomic E-state index is 0.471. The third-order valence-corrected chi connectivity index (χ3v) is 3.66. The first-order valence-electron chi connectivity index (χ1n) is 6.23. The average Bonchev–Trinajstić information content (AvgIpc) is 2.39.